The lowest BCUT2D eigenvalue weighted by Gasteiger charge is -2.54. The summed E-state index contributed by atoms with van der Waals surface area (Å²) in [5.74, 6) is 3.27. The fourth-order valence-electron chi connectivity index (χ4n) is 5.38. The Kier molecular flexibility index (Phi) is 3.83. The third kappa shape index (κ3) is 2.75. The highest BCUT2D eigenvalue weighted by Gasteiger charge is 2.48. The number of amides is 1. The fraction of sp³-hybridized carbons (Fsp3) is 0.722. The van der Waals surface area contributed by atoms with Crippen molar-refractivity contribution in [1.29, 1.82) is 0 Å². The molecular weight excluding hydrogens is 310 g/mol. The molecular formula is C18H24ClN3O. The number of nitrogens with zero attached hydrogens (tertiary/aromatic N) is 2. The number of carbonyl (C=O) groups excluding carboxylic acids is 1. The van der Waals surface area contributed by atoms with E-state index in [-0.39, 0.29) is 11.8 Å². The normalized spacial score (nSPS) is 34.9. The first-order valence-corrected chi connectivity index (χ1v) is 9.23. The van der Waals surface area contributed by atoms with E-state index in [1.54, 1.807) is 6.07 Å². The SMILES string of the molecule is CC(C)c1cc(Cl)nnc1C(=O)NC1C2CC3CC(C2)CC1C3. The van der Waals surface area contributed by atoms with Gasteiger partial charge in [-0.15, -0.1) is 10.2 Å². The van der Waals surface area contributed by atoms with Crippen LogP contribution in [0.2, 0.25) is 5.15 Å². The van der Waals surface area contributed by atoms with Crippen molar-refractivity contribution in [2.45, 2.75) is 57.9 Å². The van der Waals surface area contributed by atoms with Crippen LogP contribution in [0.3, 0.4) is 0 Å². The van der Waals surface area contributed by atoms with Crippen molar-refractivity contribution in [3.05, 3.63) is 22.5 Å². The summed E-state index contributed by atoms with van der Waals surface area (Å²) in [4.78, 5) is 12.8. The van der Waals surface area contributed by atoms with E-state index in [2.05, 4.69) is 15.5 Å². The highest BCUT2D eigenvalue weighted by molar-refractivity contribution is 6.29. The molecule has 4 bridgehead atoms. The number of hydrogen-bond donors (Lipinski definition) is 1. The Morgan fingerprint density at radius 3 is 2.30 bits per heavy atom. The summed E-state index contributed by atoms with van der Waals surface area (Å²) < 4.78 is 0. The number of aromatic nitrogens is 2. The van der Waals surface area contributed by atoms with Gasteiger partial charge in [0, 0.05) is 6.04 Å². The molecule has 0 spiro atoms. The van der Waals surface area contributed by atoms with Crippen molar-refractivity contribution in [2.24, 2.45) is 23.7 Å². The Morgan fingerprint density at radius 1 is 1.13 bits per heavy atom. The maximum Gasteiger partial charge on any atom is 0.272 e. The summed E-state index contributed by atoms with van der Waals surface area (Å²) in [5.41, 5.74) is 1.32. The average Bonchev–Trinajstić information content (AvgIpc) is 2.49. The Morgan fingerprint density at radius 2 is 1.74 bits per heavy atom. The van der Waals surface area contributed by atoms with Gasteiger partial charge in [-0.2, -0.15) is 0 Å². The van der Waals surface area contributed by atoms with Crippen LogP contribution in [0, 0.1) is 23.7 Å². The van der Waals surface area contributed by atoms with Crippen LogP contribution in [-0.2, 0) is 0 Å². The van der Waals surface area contributed by atoms with Crippen LogP contribution in [0.1, 0.15) is 67.9 Å². The fourth-order valence-corrected chi connectivity index (χ4v) is 5.53. The largest absolute Gasteiger partial charge is 0.347 e. The highest BCUT2D eigenvalue weighted by Crippen LogP contribution is 2.53. The molecule has 124 valence electrons. The van der Waals surface area contributed by atoms with Crippen LogP contribution in [0.4, 0.5) is 0 Å². The summed E-state index contributed by atoms with van der Waals surface area (Å²) in [5, 5.41) is 11.6. The molecule has 0 saturated heterocycles. The zero-order chi connectivity index (χ0) is 16.1. The first-order valence-electron chi connectivity index (χ1n) is 8.85. The lowest BCUT2D eigenvalue weighted by Crippen LogP contribution is -2.56. The highest BCUT2D eigenvalue weighted by atomic mass is 35.5. The van der Waals surface area contributed by atoms with E-state index in [1.807, 2.05) is 13.8 Å². The second-order valence-corrected chi connectivity index (χ2v) is 8.44. The van der Waals surface area contributed by atoms with Gasteiger partial charge < -0.3 is 5.32 Å². The minimum atomic E-state index is -0.0738. The second kappa shape index (κ2) is 5.73. The van der Waals surface area contributed by atoms with Gasteiger partial charge in [-0.1, -0.05) is 25.4 Å². The molecule has 23 heavy (non-hydrogen) atoms. The third-order valence-corrected chi connectivity index (χ3v) is 6.34. The van der Waals surface area contributed by atoms with E-state index in [1.165, 1.54) is 32.1 Å². The molecule has 4 saturated carbocycles. The van der Waals surface area contributed by atoms with Crippen molar-refractivity contribution in [2.75, 3.05) is 0 Å². The quantitative estimate of drug-likeness (QED) is 0.915. The van der Waals surface area contributed by atoms with E-state index in [4.69, 9.17) is 11.6 Å². The lowest BCUT2D eigenvalue weighted by molar-refractivity contribution is -0.0120. The molecule has 1 heterocycles. The molecule has 5 rings (SSSR count). The molecule has 4 aliphatic carbocycles. The van der Waals surface area contributed by atoms with Gasteiger partial charge in [0.25, 0.3) is 5.91 Å². The molecule has 1 N–H and O–H groups in total. The van der Waals surface area contributed by atoms with Gasteiger partial charge >= 0.3 is 0 Å². The predicted molar refractivity (Wildman–Crippen MR) is 89.4 cm³/mol. The predicted octanol–water partition coefficient (Wildman–Crippen LogP) is 3.81. The smallest absolute Gasteiger partial charge is 0.272 e. The van der Waals surface area contributed by atoms with E-state index in [0.717, 1.165) is 17.4 Å². The maximum absolute atomic E-state index is 12.8. The van der Waals surface area contributed by atoms with Crippen LogP contribution < -0.4 is 5.32 Å². The standard InChI is InChI=1S/C18H24ClN3O/c1-9(2)14-8-15(19)21-22-17(14)18(23)20-16-12-4-10-3-11(6-12)7-13(16)5-10/h8-13,16H,3-7H2,1-2H3,(H,20,23). The first-order chi connectivity index (χ1) is 11.0. The van der Waals surface area contributed by atoms with Crippen LogP contribution in [0.5, 0.6) is 0 Å². The summed E-state index contributed by atoms with van der Waals surface area (Å²) >= 11 is 5.95. The minimum absolute atomic E-state index is 0.0738. The van der Waals surface area contributed by atoms with Crippen molar-refractivity contribution in [1.82, 2.24) is 15.5 Å². The van der Waals surface area contributed by atoms with E-state index >= 15 is 0 Å². The van der Waals surface area contributed by atoms with Gasteiger partial charge in [0.1, 0.15) is 0 Å². The Labute approximate surface area is 142 Å². The molecule has 5 heteroatoms. The van der Waals surface area contributed by atoms with Gasteiger partial charge in [-0.05, 0) is 73.3 Å². The zero-order valence-corrected chi connectivity index (χ0v) is 14.5. The van der Waals surface area contributed by atoms with Crippen molar-refractivity contribution >= 4 is 17.5 Å². The first kappa shape index (κ1) is 15.4. The van der Waals surface area contributed by atoms with E-state index < -0.39 is 0 Å². The Bertz CT molecular complexity index is 603. The van der Waals surface area contributed by atoms with Gasteiger partial charge in [-0.3, -0.25) is 4.79 Å². The molecule has 0 aliphatic heterocycles. The summed E-state index contributed by atoms with van der Waals surface area (Å²) in [7, 11) is 0. The average molecular weight is 334 g/mol. The molecule has 0 aromatic carbocycles. The van der Waals surface area contributed by atoms with Crippen molar-refractivity contribution in [3.8, 4) is 0 Å². The number of rotatable bonds is 3. The summed E-state index contributed by atoms with van der Waals surface area (Å²) in [6, 6.07) is 2.10. The molecule has 1 aromatic rings. The Hall–Kier alpha value is -1.16. The van der Waals surface area contributed by atoms with E-state index in [0.29, 0.717) is 28.7 Å². The Balaban J connectivity index is 1.55. The van der Waals surface area contributed by atoms with Crippen LogP contribution in [0.15, 0.2) is 6.07 Å². The molecule has 1 aromatic heterocycles. The van der Waals surface area contributed by atoms with Gasteiger partial charge in [0.15, 0.2) is 10.8 Å². The molecule has 1 amide bonds. The number of carbonyl (C=O) groups is 1. The summed E-state index contributed by atoms with van der Waals surface area (Å²) in [6.07, 6.45) is 6.60. The topological polar surface area (TPSA) is 54.9 Å². The lowest BCUT2D eigenvalue weighted by atomic mass is 9.54. The monoisotopic (exact) mass is 333 g/mol. The molecule has 4 fully saturated rings. The molecule has 4 nitrogen and oxygen atoms in total. The van der Waals surface area contributed by atoms with E-state index in [9.17, 15) is 4.79 Å². The number of hydrogen-bond acceptors (Lipinski definition) is 3. The number of halogens is 1. The minimum Gasteiger partial charge on any atom is -0.347 e. The molecule has 0 unspecified atom stereocenters. The summed E-state index contributed by atoms with van der Waals surface area (Å²) in [6.45, 7) is 4.10. The van der Waals surface area contributed by atoms with Crippen molar-refractivity contribution in [3.63, 3.8) is 0 Å². The molecule has 4 aliphatic rings. The van der Waals surface area contributed by atoms with Gasteiger partial charge in [0.2, 0.25) is 0 Å². The zero-order valence-electron chi connectivity index (χ0n) is 13.8. The van der Waals surface area contributed by atoms with Crippen LogP contribution >= 0.6 is 11.6 Å². The number of nitrogens with one attached hydrogen (secondary N) is 1. The maximum atomic E-state index is 12.8. The molecule has 0 radical (unpaired) electrons. The van der Waals surface area contributed by atoms with Gasteiger partial charge in [0.05, 0.1) is 0 Å². The third-order valence-electron chi connectivity index (χ3n) is 6.16. The molecule has 0 atom stereocenters. The van der Waals surface area contributed by atoms with Gasteiger partial charge in [-0.25, -0.2) is 0 Å². The second-order valence-electron chi connectivity index (χ2n) is 8.06. The van der Waals surface area contributed by atoms with Crippen LogP contribution in [0.25, 0.3) is 0 Å². The van der Waals surface area contributed by atoms with Crippen LogP contribution in [-0.4, -0.2) is 22.1 Å². The van der Waals surface area contributed by atoms with Crippen molar-refractivity contribution < 1.29 is 4.79 Å².